The molecule has 1 amide bonds. The summed E-state index contributed by atoms with van der Waals surface area (Å²) in [5, 5.41) is 10.3. The highest BCUT2D eigenvalue weighted by Crippen LogP contribution is 2.38. The van der Waals surface area contributed by atoms with Crippen molar-refractivity contribution in [3.8, 4) is 16.9 Å². The second-order valence-electron chi connectivity index (χ2n) is 8.28. The Labute approximate surface area is 214 Å². The number of sulfonamides is 1. The van der Waals surface area contributed by atoms with Crippen molar-refractivity contribution in [2.24, 2.45) is 0 Å². The molecular weight excluding hydrogens is 509 g/mol. The van der Waals surface area contributed by atoms with Crippen molar-refractivity contribution in [2.45, 2.75) is 18.2 Å². The van der Waals surface area contributed by atoms with Crippen molar-refractivity contribution in [2.75, 3.05) is 35.8 Å². The van der Waals surface area contributed by atoms with Gasteiger partial charge < -0.3 is 14.9 Å². The Morgan fingerprint density at radius 3 is 2.40 bits per heavy atom. The average molecular weight is 534 g/mol. The zero-order valence-electron chi connectivity index (χ0n) is 19.0. The summed E-state index contributed by atoms with van der Waals surface area (Å²) in [5.41, 5.74) is 2.76. The first kappa shape index (κ1) is 25.2. The highest BCUT2D eigenvalue weighted by atomic mass is 35.5. The van der Waals surface area contributed by atoms with Crippen LogP contribution in [0.1, 0.15) is 13.3 Å². The van der Waals surface area contributed by atoms with Crippen LogP contribution in [0.15, 0.2) is 65.6 Å². The first-order valence-electron chi connectivity index (χ1n) is 11.1. The van der Waals surface area contributed by atoms with Gasteiger partial charge in [-0.1, -0.05) is 59.6 Å². The van der Waals surface area contributed by atoms with Crippen LogP contribution in [-0.4, -0.2) is 50.5 Å². The Morgan fingerprint density at radius 1 is 0.943 bits per heavy atom. The maximum Gasteiger partial charge on any atom is 0.265 e. The van der Waals surface area contributed by atoms with E-state index in [1.807, 2.05) is 42.5 Å². The van der Waals surface area contributed by atoms with Crippen LogP contribution in [0.2, 0.25) is 10.0 Å². The number of phenols is 1. The largest absolute Gasteiger partial charge is 0.505 e. The molecule has 0 spiro atoms. The van der Waals surface area contributed by atoms with Gasteiger partial charge in [-0.15, -0.1) is 0 Å². The van der Waals surface area contributed by atoms with Gasteiger partial charge in [0.2, 0.25) is 5.91 Å². The minimum Gasteiger partial charge on any atom is -0.505 e. The van der Waals surface area contributed by atoms with Crippen molar-refractivity contribution >= 4 is 50.5 Å². The molecule has 0 bridgehead atoms. The van der Waals surface area contributed by atoms with Crippen molar-refractivity contribution in [3.63, 3.8) is 0 Å². The van der Waals surface area contributed by atoms with Crippen molar-refractivity contribution in [1.29, 1.82) is 0 Å². The van der Waals surface area contributed by atoms with Crippen molar-refractivity contribution in [1.82, 2.24) is 4.90 Å². The van der Waals surface area contributed by atoms with Gasteiger partial charge in [0.15, 0.2) is 5.75 Å². The molecule has 1 aliphatic rings. The predicted octanol–water partition coefficient (Wildman–Crippen LogP) is 5.23. The second kappa shape index (κ2) is 10.4. The molecule has 1 heterocycles. The monoisotopic (exact) mass is 533 g/mol. The third-order valence-corrected chi connectivity index (χ3v) is 7.80. The lowest BCUT2D eigenvalue weighted by Gasteiger charge is -2.26. The van der Waals surface area contributed by atoms with Crippen LogP contribution in [0.4, 0.5) is 11.4 Å². The smallest absolute Gasteiger partial charge is 0.265 e. The fourth-order valence-corrected chi connectivity index (χ4v) is 5.95. The summed E-state index contributed by atoms with van der Waals surface area (Å²) >= 11 is 12.0. The van der Waals surface area contributed by atoms with Gasteiger partial charge in [0, 0.05) is 38.1 Å². The quantitative estimate of drug-likeness (QED) is 0.468. The molecule has 10 heteroatoms. The molecule has 3 aromatic carbocycles. The van der Waals surface area contributed by atoms with Gasteiger partial charge in [-0.05, 0) is 41.8 Å². The number of aromatic hydroxyl groups is 1. The van der Waals surface area contributed by atoms with Gasteiger partial charge >= 0.3 is 0 Å². The van der Waals surface area contributed by atoms with Gasteiger partial charge in [0.05, 0.1) is 16.4 Å². The van der Waals surface area contributed by atoms with E-state index in [0.29, 0.717) is 37.6 Å². The standard InChI is InChI=1S/C25H25Cl2N3O4S/c1-17(31)29-10-5-11-30(13-12-29)23-9-8-19(18-6-3-2-4-7-18)14-22(23)28-35(33,34)24-16-20(26)15-21(27)25(24)32/h2-4,6-9,14-16,28,32H,5,10-13H2,1H3. The molecule has 1 aliphatic heterocycles. The summed E-state index contributed by atoms with van der Waals surface area (Å²) in [4.78, 5) is 15.3. The SMILES string of the molecule is CC(=O)N1CCCN(c2ccc(-c3ccccc3)cc2NS(=O)(=O)c2cc(Cl)cc(Cl)c2O)CC1. The van der Waals surface area contributed by atoms with Crippen LogP contribution >= 0.6 is 23.2 Å². The Kier molecular flexibility index (Phi) is 7.44. The number of hydrogen-bond donors (Lipinski definition) is 2. The molecule has 0 unspecified atom stereocenters. The van der Waals surface area contributed by atoms with E-state index in [4.69, 9.17) is 23.2 Å². The summed E-state index contributed by atoms with van der Waals surface area (Å²) in [6, 6.07) is 17.6. The number of carbonyl (C=O) groups excluding carboxylic acids is 1. The molecule has 0 aromatic heterocycles. The number of halogens is 2. The molecule has 3 aromatic rings. The van der Waals surface area contributed by atoms with Gasteiger partial charge in [0.25, 0.3) is 10.0 Å². The van der Waals surface area contributed by atoms with Crippen LogP contribution in [0.5, 0.6) is 5.75 Å². The lowest BCUT2D eigenvalue weighted by molar-refractivity contribution is -0.128. The zero-order chi connectivity index (χ0) is 25.2. The molecule has 7 nitrogen and oxygen atoms in total. The van der Waals surface area contributed by atoms with Gasteiger partial charge in [-0.2, -0.15) is 0 Å². The molecule has 4 rings (SSSR count). The Bertz CT molecular complexity index is 1350. The Morgan fingerprint density at radius 2 is 1.69 bits per heavy atom. The number of nitrogens with one attached hydrogen (secondary N) is 1. The zero-order valence-corrected chi connectivity index (χ0v) is 21.4. The third-order valence-electron chi connectivity index (χ3n) is 5.91. The maximum absolute atomic E-state index is 13.4. The topological polar surface area (TPSA) is 90.0 Å². The molecule has 0 atom stereocenters. The summed E-state index contributed by atoms with van der Waals surface area (Å²) in [6.45, 7) is 3.92. The van der Waals surface area contributed by atoms with Crippen LogP contribution in [-0.2, 0) is 14.8 Å². The van der Waals surface area contributed by atoms with Gasteiger partial charge in [0.1, 0.15) is 4.90 Å². The number of nitrogens with zero attached hydrogens (tertiary/aromatic N) is 2. The minimum absolute atomic E-state index is 0.0144. The summed E-state index contributed by atoms with van der Waals surface area (Å²) in [7, 11) is -4.24. The Balaban J connectivity index is 1.77. The number of rotatable bonds is 5. The summed E-state index contributed by atoms with van der Waals surface area (Å²) in [6.07, 6.45) is 0.747. The third kappa shape index (κ3) is 5.66. The predicted molar refractivity (Wildman–Crippen MR) is 140 cm³/mol. The van der Waals surface area contributed by atoms with E-state index in [1.165, 1.54) is 6.07 Å². The maximum atomic E-state index is 13.4. The number of phenolic OH excluding ortho intramolecular Hbond substituents is 1. The molecular formula is C25H25Cl2N3O4S. The number of amides is 1. The van der Waals surface area contributed by atoms with Crippen LogP contribution < -0.4 is 9.62 Å². The minimum atomic E-state index is -4.24. The van der Waals surface area contributed by atoms with E-state index in [1.54, 1.807) is 17.9 Å². The van der Waals surface area contributed by atoms with E-state index < -0.39 is 20.7 Å². The summed E-state index contributed by atoms with van der Waals surface area (Å²) in [5.74, 6) is -0.559. The van der Waals surface area contributed by atoms with E-state index in [9.17, 15) is 18.3 Å². The molecule has 184 valence electrons. The van der Waals surface area contributed by atoms with Crippen molar-refractivity contribution in [3.05, 3.63) is 70.7 Å². The summed E-state index contributed by atoms with van der Waals surface area (Å²) < 4.78 is 29.4. The fourth-order valence-electron chi connectivity index (χ4n) is 4.12. The van der Waals surface area contributed by atoms with Gasteiger partial charge in [-0.25, -0.2) is 8.42 Å². The second-order valence-corrected chi connectivity index (χ2v) is 10.8. The molecule has 1 fully saturated rings. The average Bonchev–Trinajstić information content (AvgIpc) is 3.08. The highest BCUT2D eigenvalue weighted by molar-refractivity contribution is 7.92. The van der Waals surface area contributed by atoms with E-state index in [0.717, 1.165) is 23.6 Å². The van der Waals surface area contributed by atoms with Crippen LogP contribution in [0.25, 0.3) is 11.1 Å². The van der Waals surface area contributed by atoms with Crippen molar-refractivity contribution < 1.29 is 18.3 Å². The molecule has 0 radical (unpaired) electrons. The number of hydrogen-bond acceptors (Lipinski definition) is 5. The van der Waals surface area contributed by atoms with Gasteiger partial charge in [-0.3, -0.25) is 9.52 Å². The first-order chi connectivity index (χ1) is 16.7. The first-order valence-corrected chi connectivity index (χ1v) is 13.3. The van der Waals surface area contributed by atoms with Crippen LogP contribution in [0, 0.1) is 0 Å². The van der Waals surface area contributed by atoms with E-state index in [-0.39, 0.29) is 16.0 Å². The van der Waals surface area contributed by atoms with E-state index in [2.05, 4.69) is 9.62 Å². The number of carbonyl (C=O) groups is 1. The molecule has 35 heavy (non-hydrogen) atoms. The lowest BCUT2D eigenvalue weighted by atomic mass is 10.0. The Hall–Kier alpha value is -2.94. The number of anilines is 2. The normalized spacial score (nSPS) is 14.5. The lowest BCUT2D eigenvalue weighted by Crippen LogP contribution is -2.34. The molecule has 0 saturated carbocycles. The van der Waals surface area contributed by atoms with Crippen LogP contribution in [0.3, 0.4) is 0 Å². The fraction of sp³-hybridized carbons (Fsp3) is 0.240. The molecule has 0 aliphatic carbocycles. The molecule has 1 saturated heterocycles. The number of benzene rings is 3. The van der Waals surface area contributed by atoms with E-state index >= 15 is 0 Å². The highest BCUT2D eigenvalue weighted by Gasteiger charge is 2.25. The molecule has 2 N–H and O–H groups in total.